The molecule has 1 aromatic rings. The normalized spacial score (nSPS) is 18.6. The van der Waals surface area contributed by atoms with Crippen LogP contribution in [0.4, 0.5) is 0 Å². The van der Waals surface area contributed by atoms with Gasteiger partial charge in [-0.3, -0.25) is 4.90 Å². The Kier molecular flexibility index (Phi) is 9.66. The number of rotatable bonds is 7. The smallest absolute Gasteiger partial charge is 0.188 e. The first-order valence-corrected chi connectivity index (χ1v) is 9.35. The van der Waals surface area contributed by atoms with E-state index in [2.05, 4.69) is 36.0 Å². The van der Waals surface area contributed by atoms with Crippen LogP contribution < -0.4 is 20.5 Å². The van der Waals surface area contributed by atoms with Gasteiger partial charge in [0.25, 0.3) is 0 Å². The van der Waals surface area contributed by atoms with Gasteiger partial charge in [-0.05, 0) is 56.8 Å². The molecule has 1 unspecified atom stereocenters. The predicted molar refractivity (Wildman–Crippen MR) is 122 cm³/mol. The van der Waals surface area contributed by atoms with E-state index >= 15 is 0 Å². The molecule has 1 heterocycles. The third-order valence-electron chi connectivity index (χ3n) is 5.10. The second kappa shape index (κ2) is 10.9. The Morgan fingerprint density at radius 1 is 1.30 bits per heavy atom. The number of piperidine rings is 1. The highest BCUT2D eigenvalue weighted by atomic mass is 127. The predicted octanol–water partition coefficient (Wildman–Crippen LogP) is 3.24. The van der Waals surface area contributed by atoms with Crippen LogP contribution in [-0.2, 0) is 6.54 Å². The number of ether oxygens (including phenoxy) is 2. The quantitative estimate of drug-likeness (QED) is 0.349. The highest BCUT2D eigenvalue weighted by Crippen LogP contribution is 2.27. The summed E-state index contributed by atoms with van der Waals surface area (Å²) >= 11 is 0. The number of guanidine groups is 1. The molecule has 0 saturated carbocycles. The molecule has 7 heteroatoms. The van der Waals surface area contributed by atoms with Gasteiger partial charge in [0.1, 0.15) is 0 Å². The standard InChI is InChI=1S/C20H34N4O2.HI/c1-15-7-6-10-24(13-15)20(2,3)14-23-19(21)22-12-16-8-9-17(25-4)18(11-16)26-5;/h8-9,11,15H,6-7,10,12-14H2,1-5H3,(H3,21,22,23);1H. The molecule has 0 spiro atoms. The Labute approximate surface area is 180 Å². The van der Waals surface area contributed by atoms with Crippen LogP contribution >= 0.6 is 24.0 Å². The number of aliphatic imine (C=N–C) groups is 1. The zero-order chi connectivity index (χ0) is 19.2. The van der Waals surface area contributed by atoms with Gasteiger partial charge in [-0.2, -0.15) is 0 Å². The monoisotopic (exact) mass is 490 g/mol. The molecule has 0 amide bonds. The van der Waals surface area contributed by atoms with E-state index in [0.717, 1.165) is 31.1 Å². The van der Waals surface area contributed by atoms with Crippen molar-refractivity contribution in [2.24, 2.45) is 16.6 Å². The molecule has 2 rings (SSSR count). The molecular formula is C20H35IN4O2. The van der Waals surface area contributed by atoms with Gasteiger partial charge in [-0.15, -0.1) is 24.0 Å². The van der Waals surface area contributed by atoms with E-state index in [0.29, 0.717) is 24.0 Å². The molecule has 1 fully saturated rings. The minimum atomic E-state index is 0. The van der Waals surface area contributed by atoms with Crippen molar-refractivity contribution in [2.75, 3.05) is 33.9 Å². The lowest BCUT2D eigenvalue weighted by Crippen LogP contribution is -2.55. The van der Waals surface area contributed by atoms with E-state index in [1.165, 1.54) is 12.8 Å². The Bertz CT molecular complexity index is 622. The highest BCUT2D eigenvalue weighted by molar-refractivity contribution is 14.0. The molecule has 1 aliphatic rings. The van der Waals surface area contributed by atoms with Crippen LogP contribution in [0.1, 0.15) is 39.2 Å². The molecule has 1 aliphatic heterocycles. The maximum Gasteiger partial charge on any atom is 0.188 e. The summed E-state index contributed by atoms with van der Waals surface area (Å²) in [5, 5.41) is 3.29. The number of nitrogens with two attached hydrogens (primary N) is 1. The number of nitrogens with one attached hydrogen (secondary N) is 1. The maximum atomic E-state index is 6.08. The fourth-order valence-electron chi connectivity index (χ4n) is 3.37. The molecule has 1 aromatic carbocycles. The van der Waals surface area contributed by atoms with Gasteiger partial charge in [-0.25, -0.2) is 4.99 Å². The minimum absolute atomic E-state index is 0. The Hall–Kier alpha value is -1.22. The van der Waals surface area contributed by atoms with Crippen molar-refractivity contribution in [3.63, 3.8) is 0 Å². The van der Waals surface area contributed by atoms with Gasteiger partial charge >= 0.3 is 0 Å². The van der Waals surface area contributed by atoms with Crippen LogP contribution in [0, 0.1) is 5.92 Å². The van der Waals surface area contributed by atoms with E-state index in [4.69, 9.17) is 15.2 Å². The molecule has 0 aromatic heterocycles. The molecular weight excluding hydrogens is 455 g/mol. The number of hydrogen-bond acceptors (Lipinski definition) is 4. The lowest BCUT2D eigenvalue weighted by molar-refractivity contribution is 0.0740. The first kappa shape index (κ1) is 23.8. The average Bonchev–Trinajstić information content (AvgIpc) is 2.64. The van der Waals surface area contributed by atoms with E-state index in [1.54, 1.807) is 14.2 Å². The molecule has 0 aliphatic carbocycles. The van der Waals surface area contributed by atoms with Crippen LogP contribution in [0.5, 0.6) is 11.5 Å². The Morgan fingerprint density at radius 3 is 2.63 bits per heavy atom. The summed E-state index contributed by atoms with van der Waals surface area (Å²) in [6.45, 7) is 10.4. The fourth-order valence-corrected chi connectivity index (χ4v) is 3.37. The highest BCUT2D eigenvalue weighted by Gasteiger charge is 2.29. The van der Waals surface area contributed by atoms with Gasteiger partial charge in [0.2, 0.25) is 0 Å². The van der Waals surface area contributed by atoms with Crippen LogP contribution in [0.25, 0.3) is 0 Å². The van der Waals surface area contributed by atoms with Gasteiger partial charge in [0.15, 0.2) is 17.5 Å². The summed E-state index contributed by atoms with van der Waals surface area (Å²) in [4.78, 5) is 7.01. The summed E-state index contributed by atoms with van der Waals surface area (Å²) in [6.07, 6.45) is 2.60. The minimum Gasteiger partial charge on any atom is -0.493 e. The SMILES string of the molecule is COc1ccc(CN=C(N)NCC(C)(C)N2CCCC(C)C2)cc1OC.I. The molecule has 3 N–H and O–H groups in total. The average molecular weight is 490 g/mol. The van der Waals surface area contributed by atoms with E-state index in [9.17, 15) is 0 Å². The molecule has 0 radical (unpaired) electrons. The third kappa shape index (κ3) is 7.03. The first-order valence-electron chi connectivity index (χ1n) is 9.35. The number of likely N-dealkylation sites (tertiary alicyclic amines) is 1. The number of methoxy groups -OCH3 is 2. The van der Waals surface area contributed by atoms with E-state index in [-0.39, 0.29) is 29.5 Å². The van der Waals surface area contributed by atoms with Crippen molar-refractivity contribution in [2.45, 2.75) is 45.7 Å². The molecule has 6 nitrogen and oxygen atoms in total. The Morgan fingerprint density at radius 2 is 2.00 bits per heavy atom. The lowest BCUT2D eigenvalue weighted by atomic mass is 9.93. The van der Waals surface area contributed by atoms with E-state index in [1.807, 2.05) is 18.2 Å². The number of nitrogens with zero attached hydrogens (tertiary/aromatic N) is 2. The van der Waals surface area contributed by atoms with Gasteiger partial charge < -0.3 is 20.5 Å². The van der Waals surface area contributed by atoms with Gasteiger partial charge in [0.05, 0.1) is 20.8 Å². The van der Waals surface area contributed by atoms with Crippen LogP contribution in [-0.4, -0.2) is 50.3 Å². The van der Waals surface area contributed by atoms with Crippen molar-refractivity contribution in [1.29, 1.82) is 0 Å². The number of hydrogen-bond donors (Lipinski definition) is 2. The Balaban J connectivity index is 0.00000364. The summed E-state index contributed by atoms with van der Waals surface area (Å²) < 4.78 is 10.6. The van der Waals surface area contributed by atoms with Crippen LogP contribution in [0.3, 0.4) is 0 Å². The van der Waals surface area contributed by atoms with E-state index < -0.39 is 0 Å². The fraction of sp³-hybridized carbons (Fsp3) is 0.650. The first-order chi connectivity index (χ1) is 12.4. The van der Waals surface area contributed by atoms with Crippen LogP contribution in [0.15, 0.2) is 23.2 Å². The van der Waals surface area contributed by atoms with Crippen molar-refractivity contribution < 1.29 is 9.47 Å². The number of halogens is 1. The summed E-state index contributed by atoms with van der Waals surface area (Å²) in [5.74, 6) is 2.65. The summed E-state index contributed by atoms with van der Waals surface area (Å²) in [7, 11) is 3.26. The van der Waals surface area contributed by atoms with Crippen molar-refractivity contribution in [3.05, 3.63) is 23.8 Å². The molecule has 1 atom stereocenters. The maximum absolute atomic E-state index is 6.08. The second-order valence-corrected chi connectivity index (χ2v) is 7.75. The second-order valence-electron chi connectivity index (χ2n) is 7.75. The van der Waals surface area contributed by atoms with Gasteiger partial charge in [0, 0.05) is 18.6 Å². The third-order valence-corrected chi connectivity index (χ3v) is 5.10. The zero-order valence-electron chi connectivity index (χ0n) is 17.2. The lowest BCUT2D eigenvalue weighted by Gasteiger charge is -2.43. The van der Waals surface area contributed by atoms with Crippen LogP contribution in [0.2, 0.25) is 0 Å². The molecule has 1 saturated heterocycles. The van der Waals surface area contributed by atoms with Gasteiger partial charge in [-0.1, -0.05) is 13.0 Å². The molecule has 0 bridgehead atoms. The zero-order valence-corrected chi connectivity index (χ0v) is 19.6. The van der Waals surface area contributed by atoms with Crippen molar-refractivity contribution in [1.82, 2.24) is 10.2 Å². The van der Waals surface area contributed by atoms with Crippen molar-refractivity contribution in [3.8, 4) is 11.5 Å². The topological polar surface area (TPSA) is 72.1 Å². The van der Waals surface area contributed by atoms with Crippen molar-refractivity contribution >= 4 is 29.9 Å². The summed E-state index contributed by atoms with van der Waals surface area (Å²) in [5.41, 5.74) is 7.15. The number of benzene rings is 1. The molecule has 27 heavy (non-hydrogen) atoms. The molecule has 154 valence electrons. The largest absolute Gasteiger partial charge is 0.493 e. The summed E-state index contributed by atoms with van der Waals surface area (Å²) in [6, 6.07) is 5.78.